The van der Waals surface area contributed by atoms with E-state index in [4.69, 9.17) is 84.8 Å². The van der Waals surface area contributed by atoms with Gasteiger partial charge in [0.05, 0.1) is 59.5 Å². The van der Waals surface area contributed by atoms with Gasteiger partial charge >= 0.3 is 7.82 Å². The van der Waals surface area contributed by atoms with Gasteiger partial charge in [0.2, 0.25) is 17.7 Å². The molecule has 46 atom stereocenters. The summed E-state index contributed by atoms with van der Waals surface area (Å²) in [5, 5.41) is 293. The van der Waals surface area contributed by atoms with Gasteiger partial charge in [-0.1, -0.05) is 0 Å². The van der Waals surface area contributed by atoms with Gasteiger partial charge < -0.3 is 229 Å². The first-order valence-corrected chi connectivity index (χ1v) is 36.9. The highest BCUT2D eigenvalue weighted by Gasteiger charge is 2.60. The lowest BCUT2D eigenvalue weighted by Crippen LogP contribution is -2.70. The van der Waals surface area contributed by atoms with Crippen LogP contribution >= 0.6 is 7.82 Å². The van der Waals surface area contributed by atoms with E-state index in [1.807, 2.05) is 0 Å². The summed E-state index contributed by atoms with van der Waals surface area (Å²) >= 11 is 0. The van der Waals surface area contributed by atoms with Gasteiger partial charge in [0.25, 0.3) is 0 Å². The maximum Gasteiger partial charge on any atom is 0.474 e. The minimum Gasteiger partial charge on any atom is -0.394 e. The molecule has 30 N–H and O–H groups in total. The van der Waals surface area contributed by atoms with Crippen molar-refractivity contribution in [1.82, 2.24) is 16.0 Å². The molecule has 2 unspecified atom stereocenters. The molecule has 3 amide bonds. The van der Waals surface area contributed by atoms with E-state index in [0.29, 0.717) is 0 Å². The van der Waals surface area contributed by atoms with Crippen molar-refractivity contribution in [1.29, 1.82) is 0 Å². The molecule has 53 heteroatoms. The van der Waals surface area contributed by atoms with Gasteiger partial charge in [0.15, 0.2) is 56.6 Å². The second kappa shape index (κ2) is 40.5. The Kier molecular flexibility index (Phi) is 33.6. The number of ether oxygens (including phenoxy) is 16. The van der Waals surface area contributed by atoms with Crippen LogP contribution in [0, 0.1) is 0 Å². The van der Waals surface area contributed by atoms with Gasteiger partial charge in [-0.3, -0.25) is 23.4 Å². The fourth-order valence-corrected chi connectivity index (χ4v) is 14.8. The Labute approximate surface area is 637 Å². The van der Waals surface area contributed by atoms with Gasteiger partial charge in [0, 0.05) is 20.8 Å². The number of hydrogen-bond donors (Lipinski definition) is 30. The standard InChI is InChI=1S/C60H102N3O49P/c1-13(70)61-25-36(81)47(20(8-68)98-52(25)92)107-53-27(63-15(3)72)37(82)48(21(9-69)103-53)108-59-46(91)50(34(79)23(105-59)11-96-56-45(90)49(109-57-43(88)39(84)30(75)18(6-66)101-57)33(78)22(104-56)10-95-55-42(87)38(83)29(74)17(5-65)100-55)110-60-51(41(86)31(76)19(7-67)102-60)111-58-44(89)40(85)32(77)24(106-58)12-97-113(93,94)112-54-26(62-14(2)71)35(80)28(73)16(4-64)99-54/h16-60,64-69,73-92H,4-12H2,1-3H3,(H,61,70)(H,62,71)(H,63,72)(H,93,94)/t16-,17-,18-,19-,20-,21-,22-,23-,24-,25-,26-,27-,28-,29-,30-,31-,32-,33-,34-,35-,36-,37-,38+,39+,40+,41+,42+,43+,44+,45+,46+,47-,48-,49+,50+,51+,52?,53+,54-,55+,56+,57-,58-,59+,60-/m1/s1. The van der Waals surface area contributed by atoms with Crippen molar-refractivity contribution in [3.63, 3.8) is 0 Å². The number of phosphoric ester groups is 1. The third-order valence-electron chi connectivity index (χ3n) is 20.1. The van der Waals surface area contributed by atoms with Crippen LogP contribution in [0.4, 0.5) is 0 Å². The zero-order valence-corrected chi connectivity index (χ0v) is 60.7. The summed E-state index contributed by atoms with van der Waals surface area (Å²) in [6.45, 7) is -7.21. The van der Waals surface area contributed by atoms with Crippen LogP contribution in [-0.2, 0) is 104 Å². The van der Waals surface area contributed by atoms with Crippen LogP contribution in [0.5, 0.6) is 0 Å². The topological polar surface area (TPSA) is 817 Å². The highest BCUT2D eigenvalue weighted by molar-refractivity contribution is 7.47. The molecule has 0 spiro atoms. The van der Waals surface area contributed by atoms with Gasteiger partial charge in [-0.15, -0.1) is 0 Å². The Morgan fingerprint density at radius 2 is 0.584 bits per heavy atom. The highest BCUT2D eigenvalue weighted by atomic mass is 31.2. The first kappa shape index (κ1) is 93.7. The Bertz CT molecular complexity index is 3050. The molecule has 9 saturated heterocycles. The molecule has 656 valence electrons. The molecule has 9 aliphatic rings. The lowest BCUT2D eigenvalue weighted by Gasteiger charge is -2.50. The Morgan fingerprint density at radius 3 is 1.06 bits per heavy atom. The van der Waals surface area contributed by atoms with E-state index in [0.717, 1.165) is 20.8 Å². The summed E-state index contributed by atoms with van der Waals surface area (Å²) in [5.74, 6) is -2.65. The second-order valence-electron chi connectivity index (χ2n) is 28.0. The third kappa shape index (κ3) is 21.2. The first-order valence-electron chi connectivity index (χ1n) is 35.4. The number of nitrogens with one attached hydrogen (secondary N) is 3. The molecule has 9 fully saturated rings. The number of rotatable bonds is 30. The Morgan fingerprint density at radius 1 is 0.283 bits per heavy atom. The van der Waals surface area contributed by atoms with Gasteiger partial charge in [0.1, 0.15) is 220 Å². The number of phosphoric acid groups is 1. The minimum atomic E-state index is -5.64. The number of carbonyl (C=O) groups excluding carboxylic acids is 3. The lowest BCUT2D eigenvalue weighted by atomic mass is 9.94. The molecule has 0 saturated carbocycles. The average molecular weight is 1680 g/mol. The van der Waals surface area contributed by atoms with Crippen molar-refractivity contribution in [2.45, 2.75) is 297 Å². The summed E-state index contributed by atoms with van der Waals surface area (Å²) in [6.07, 6.45) is -90.4. The van der Waals surface area contributed by atoms with Gasteiger partial charge in [-0.2, -0.15) is 0 Å². The van der Waals surface area contributed by atoms with E-state index in [1.54, 1.807) is 0 Å². The normalized spacial score (nSPS) is 49.2. The largest absolute Gasteiger partial charge is 0.474 e. The van der Waals surface area contributed by atoms with Crippen molar-refractivity contribution in [3.8, 4) is 0 Å². The van der Waals surface area contributed by atoms with Gasteiger partial charge in [-0.25, -0.2) is 4.57 Å². The summed E-state index contributed by atoms with van der Waals surface area (Å²) < 4.78 is 116. The van der Waals surface area contributed by atoms with Crippen LogP contribution in [0.3, 0.4) is 0 Å². The molecule has 52 nitrogen and oxygen atoms in total. The SMILES string of the molecule is CC(=O)N[C@H]1[C@H](O[C@H]2[C@H](O)[C@@H](NC(C)=O)C(O)O[C@@H]2CO)O[C@H](CO)[C@@H](O[C@@H]2O[C@H](CO[C@H]3O[C@H](CO[C@H]4O[C@H](CO)[C@@H](O)[C@H](O)[C@@H]4O)[C@@H](O)[C@H](O[C@H]4O[C@H](CO)[C@@H](O)[C@H](O)[C@@H]4O)[C@@H]3O)[C@@H](O)[C@H](O[C@H]3O[C@H](CO)[C@@H](O)[C@H](O)[C@@H]3O[C@H]3O[C@H](COP(=O)(O)O[C@H]4O[C@H](CO)[C@@H](O)[C@H](O)[C@H]4NC(C)=O)[C@@H](O)[C@H](O)[C@@H]3O)[C@@H]2O)[C@@H]1O. The zero-order valence-electron chi connectivity index (χ0n) is 59.8. The van der Waals surface area contributed by atoms with E-state index in [-0.39, 0.29) is 0 Å². The highest BCUT2D eigenvalue weighted by Crippen LogP contribution is 2.48. The molecule has 9 heterocycles. The number of aliphatic hydroxyl groups is 26. The van der Waals surface area contributed by atoms with Crippen molar-refractivity contribution < 1.29 is 241 Å². The molecule has 9 aliphatic heterocycles. The molecular weight excluding hydrogens is 1580 g/mol. The second-order valence-corrected chi connectivity index (χ2v) is 29.5. The Balaban J connectivity index is 1.03. The summed E-state index contributed by atoms with van der Waals surface area (Å²) in [6, 6.07) is -5.43. The summed E-state index contributed by atoms with van der Waals surface area (Å²) in [7, 11) is -5.64. The number of aliphatic hydroxyl groups excluding tert-OH is 26. The van der Waals surface area contributed by atoms with E-state index in [1.165, 1.54) is 0 Å². The first-order chi connectivity index (χ1) is 53.2. The van der Waals surface area contributed by atoms with Crippen LogP contribution in [0.2, 0.25) is 0 Å². The smallest absolute Gasteiger partial charge is 0.394 e. The zero-order chi connectivity index (χ0) is 83.4. The monoisotopic (exact) mass is 1680 g/mol. The molecule has 0 aromatic carbocycles. The van der Waals surface area contributed by atoms with E-state index >= 15 is 0 Å². The van der Waals surface area contributed by atoms with E-state index in [2.05, 4.69) is 16.0 Å². The van der Waals surface area contributed by atoms with Crippen LogP contribution in [0.1, 0.15) is 20.8 Å². The predicted molar refractivity (Wildman–Crippen MR) is 343 cm³/mol. The average Bonchev–Trinajstić information content (AvgIpc) is 0.800. The molecule has 0 radical (unpaired) electrons. The maximum atomic E-state index is 13.5. The number of hydrogen-bond acceptors (Lipinski definition) is 48. The lowest BCUT2D eigenvalue weighted by molar-refractivity contribution is -0.399. The van der Waals surface area contributed by atoms with Crippen molar-refractivity contribution in [2.24, 2.45) is 0 Å². The maximum absolute atomic E-state index is 13.5. The molecule has 0 aliphatic carbocycles. The number of amides is 3. The van der Waals surface area contributed by atoms with Crippen molar-refractivity contribution in [2.75, 3.05) is 59.5 Å². The summed E-state index contributed by atoms with van der Waals surface area (Å²) in [5.41, 5.74) is 0. The van der Waals surface area contributed by atoms with Crippen LogP contribution in [0.15, 0.2) is 0 Å². The minimum absolute atomic E-state index is 0.800. The van der Waals surface area contributed by atoms with Crippen LogP contribution in [-0.4, -0.2) is 491 Å². The molecule has 0 bridgehead atoms. The van der Waals surface area contributed by atoms with Crippen LogP contribution < -0.4 is 16.0 Å². The quantitative estimate of drug-likeness (QED) is 0.0297. The molecule has 113 heavy (non-hydrogen) atoms. The molecular formula is C60H102N3O49P. The van der Waals surface area contributed by atoms with E-state index in [9.17, 15) is 157 Å². The molecule has 0 aromatic heterocycles. The molecule has 9 rings (SSSR count). The summed E-state index contributed by atoms with van der Waals surface area (Å²) in [4.78, 5) is 48.0. The van der Waals surface area contributed by atoms with Gasteiger partial charge in [-0.05, 0) is 0 Å². The molecule has 0 aromatic rings. The number of carbonyl (C=O) groups is 3. The van der Waals surface area contributed by atoms with Crippen molar-refractivity contribution in [3.05, 3.63) is 0 Å². The van der Waals surface area contributed by atoms with Crippen molar-refractivity contribution >= 4 is 25.5 Å². The fourth-order valence-electron chi connectivity index (χ4n) is 13.9. The Hall–Kier alpha value is -3.16. The van der Waals surface area contributed by atoms with E-state index < -0.39 is 361 Å². The predicted octanol–water partition coefficient (Wildman–Crippen LogP) is -20.1. The third-order valence-corrected chi connectivity index (χ3v) is 21.1. The fraction of sp³-hybridized carbons (Fsp3) is 0.950. The van der Waals surface area contributed by atoms with Crippen LogP contribution in [0.25, 0.3) is 0 Å².